The molecular weight excluding hydrogens is 358 g/mol. The summed E-state index contributed by atoms with van der Waals surface area (Å²) < 4.78 is 6.42. The minimum absolute atomic E-state index is 0.0306. The number of piperazine rings is 1. The summed E-state index contributed by atoms with van der Waals surface area (Å²) in [6.45, 7) is 2.52. The molecule has 3 heterocycles. The van der Waals surface area contributed by atoms with E-state index in [1.807, 2.05) is 18.2 Å². The van der Waals surface area contributed by atoms with Gasteiger partial charge in [0.25, 0.3) is 5.56 Å². The van der Waals surface area contributed by atoms with Gasteiger partial charge in [-0.15, -0.1) is 0 Å². The molecule has 1 aliphatic heterocycles. The number of nitrogen functional groups attached to an aromatic ring is 1. The number of amides is 1. The summed E-state index contributed by atoms with van der Waals surface area (Å²) in [5, 5.41) is 4.25. The van der Waals surface area contributed by atoms with Gasteiger partial charge in [-0.25, -0.2) is 4.68 Å². The van der Waals surface area contributed by atoms with Crippen LogP contribution >= 0.6 is 0 Å². The molecule has 0 spiro atoms. The molecule has 1 aliphatic rings. The van der Waals surface area contributed by atoms with Gasteiger partial charge in [-0.2, -0.15) is 5.10 Å². The smallest absolute Gasteiger partial charge is 0.290 e. The lowest BCUT2D eigenvalue weighted by molar-refractivity contribution is -0.132. The fourth-order valence-corrected chi connectivity index (χ4v) is 3.30. The summed E-state index contributed by atoms with van der Waals surface area (Å²) in [7, 11) is 0. The van der Waals surface area contributed by atoms with E-state index in [4.69, 9.17) is 10.2 Å². The van der Waals surface area contributed by atoms with Gasteiger partial charge in [0.15, 0.2) is 5.76 Å². The number of rotatable bonds is 4. The average molecular weight is 379 g/mol. The number of carbonyl (C=O) groups is 1. The number of aromatic nitrogens is 2. The number of furan rings is 1. The van der Waals surface area contributed by atoms with E-state index in [2.05, 4.69) is 22.1 Å². The van der Waals surface area contributed by atoms with Crippen LogP contribution in [0, 0.1) is 0 Å². The quantitative estimate of drug-likeness (QED) is 0.737. The van der Waals surface area contributed by atoms with Crippen LogP contribution in [0.4, 0.5) is 11.4 Å². The van der Waals surface area contributed by atoms with Crippen molar-refractivity contribution in [1.29, 1.82) is 0 Å². The van der Waals surface area contributed by atoms with Crippen molar-refractivity contribution >= 4 is 17.3 Å². The summed E-state index contributed by atoms with van der Waals surface area (Å²) in [5.41, 5.74) is 6.93. The minimum Gasteiger partial charge on any atom is -0.463 e. The largest absolute Gasteiger partial charge is 0.463 e. The topological polar surface area (TPSA) is 97.6 Å². The first-order valence-corrected chi connectivity index (χ1v) is 9.11. The van der Waals surface area contributed by atoms with Gasteiger partial charge < -0.3 is 20.0 Å². The first-order valence-electron chi connectivity index (χ1n) is 9.11. The molecule has 4 rings (SSSR count). The Hall–Kier alpha value is -3.55. The maximum atomic E-state index is 12.7. The van der Waals surface area contributed by atoms with E-state index in [0.717, 1.165) is 23.5 Å². The summed E-state index contributed by atoms with van der Waals surface area (Å²) in [6.07, 6.45) is 1.51. The molecule has 1 amide bonds. The number of hydrogen-bond acceptors (Lipinski definition) is 6. The summed E-state index contributed by atoms with van der Waals surface area (Å²) in [6, 6.07) is 15.0. The lowest BCUT2D eigenvalue weighted by Crippen LogP contribution is -2.50. The monoisotopic (exact) mass is 379 g/mol. The van der Waals surface area contributed by atoms with E-state index in [1.54, 1.807) is 17.0 Å². The van der Waals surface area contributed by atoms with Crippen molar-refractivity contribution in [3.05, 3.63) is 65.1 Å². The Kier molecular flexibility index (Phi) is 4.84. The van der Waals surface area contributed by atoms with Crippen LogP contribution < -0.4 is 16.2 Å². The van der Waals surface area contributed by atoms with E-state index in [1.165, 1.54) is 12.3 Å². The highest BCUT2D eigenvalue weighted by molar-refractivity contribution is 5.76. The van der Waals surface area contributed by atoms with E-state index < -0.39 is 5.56 Å². The fourth-order valence-electron chi connectivity index (χ4n) is 3.30. The molecule has 0 saturated carbocycles. The van der Waals surface area contributed by atoms with Gasteiger partial charge in [-0.1, -0.05) is 18.2 Å². The van der Waals surface area contributed by atoms with Crippen molar-refractivity contribution in [2.24, 2.45) is 0 Å². The Labute approximate surface area is 161 Å². The lowest BCUT2D eigenvalue weighted by atomic mass is 10.2. The number of para-hydroxylation sites is 1. The maximum Gasteiger partial charge on any atom is 0.290 e. The maximum absolute atomic E-state index is 12.7. The molecule has 0 unspecified atom stereocenters. The predicted octanol–water partition coefficient (Wildman–Crippen LogP) is 1.43. The number of nitrogens with two attached hydrogens (primary N) is 1. The Morgan fingerprint density at radius 2 is 1.82 bits per heavy atom. The molecule has 0 atom stereocenters. The zero-order valence-corrected chi connectivity index (χ0v) is 15.3. The third kappa shape index (κ3) is 3.62. The molecule has 0 aliphatic carbocycles. The number of benzene rings is 1. The lowest BCUT2D eigenvalue weighted by Gasteiger charge is -2.36. The zero-order valence-electron chi connectivity index (χ0n) is 15.3. The molecule has 144 valence electrons. The zero-order chi connectivity index (χ0) is 19.5. The van der Waals surface area contributed by atoms with Crippen molar-refractivity contribution in [1.82, 2.24) is 14.7 Å². The molecule has 0 radical (unpaired) electrons. The first kappa shape index (κ1) is 17.8. The molecule has 8 nitrogen and oxygen atoms in total. The SMILES string of the molecule is Nc1cc(-c2ccco2)nn(CC(=O)N2CCN(c3ccccc3)CC2)c1=O. The van der Waals surface area contributed by atoms with Crippen LogP contribution in [0.25, 0.3) is 11.5 Å². The van der Waals surface area contributed by atoms with Crippen LogP contribution in [-0.2, 0) is 11.3 Å². The highest BCUT2D eigenvalue weighted by atomic mass is 16.3. The van der Waals surface area contributed by atoms with Crippen molar-refractivity contribution in [2.75, 3.05) is 36.8 Å². The molecule has 28 heavy (non-hydrogen) atoms. The third-order valence-corrected chi connectivity index (χ3v) is 4.81. The Bertz CT molecular complexity index is 1010. The molecule has 3 aromatic rings. The van der Waals surface area contributed by atoms with E-state index >= 15 is 0 Å². The van der Waals surface area contributed by atoms with Gasteiger partial charge in [0, 0.05) is 31.9 Å². The van der Waals surface area contributed by atoms with Gasteiger partial charge in [-0.3, -0.25) is 9.59 Å². The number of hydrogen-bond donors (Lipinski definition) is 1. The highest BCUT2D eigenvalue weighted by Gasteiger charge is 2.22. The van der Waals surface area contributed by atoms with Gasteiger partial charge in [0.2, 0.25) is 5.91 Å². The molecule has 1 fully saturated rings. The van der Waals surface area contributed by atoms with Crippen LogP contribution in [0.1, 0.15) is 0 Å². The molecule has 1 saturated heterocycles. The minimum atomic E-state index is -0.480. The molecular formula is C20H21N5O3. The fraction of sp³-hybridized carbons (Fsp3) is 0.250. The van der Waals surface area contributed by atoms with Crippen LogP contribution in [0.2, 0.25) is 0 Å². The van der Waals surface area contributed by atoms with Crippen molar-refractivity contribution in [2.45, 2.75) is 6.54 Å². The van der Waals surface area contributed by atoms with Crippen LogP contribution in [0.3, 0.4) is 0 Å². The molecule has 2 aromatic heterocycles. The normalized spacial score (nSPS) is 14.3. The summed E-state index contributed by atoms with van der Waals surface area (Å²) >= 11 is 0. The first-order chi connectivity index (χ1) is 13.6. The summed E-state index contributed by atoms with van der Waals surface area (Å²) in [5.74, 6) is 0.336. The second-order valence-electron chi connectivity index (χ2n) is 6.63. The number of nitrogens with zero attached hydrogens (tertiary/aromatic N) is 4. The van der Waals surface area contributed by atoms with Gasteiger partial charge in [-0.05, 0) is 30.3 Å². The second kappa shape index (κ2) is 7.59. The summed E-state index contributed by atoms with van der Waals surface area (Å²) in [4.78, 5) is 29.0. The van der Waals surface area contributed by atoms with Crippen molar-refractivity contribution < 1.29 is 9.21 Å². The van der Waals surface area contributed by atoms with E-state index in [9.17, 15) is 9.59 Å². The van der Waals surface area contributed by atoms with Gasteiger partial charge in [0.1, 0.15) is 17.9 Å². The Balaban J connectivity index is 1.45. The molecule has 0 bridgehead atoms. The predicted molar refractivity (Wildman–Crippen MR) is 106 cm³/mol. The molecule has 8 heteroatoms. The molecule has 2 N–H and O–H groups in total. The third-order valence-electron chi connectivity index (χ3n) is 4.81. The average Bonchev–Trinajstić information content (AvgIpc) is 3.27. The van der Waals surface area contributed by atoms with Crippen LogP contribution in [0.5, 0.6) is 0 Å². The Morgan fingerprint density at radius 3 is 2.50 bits per heavy atom. The van der Waals surface area contributed by atoms with Crippen molar-refractivity contribution in [3.8, 4) is 11.5 Å². The number of carbonyl (C=O) groups excluding carboxylic acids is 1. The van der Waals surface area contributed by atoms with Crippen LogP contribution in [0.15, 0.2) is 64.0 Å². The van der Waals surface area contributed by atoms with E-state index in [-0.39, 0.29) is 18.1 Å². The van der Waals surface area contributed by atoms with E-state index in [0.29, 0.717) is 24.5 Å². The highest BCUT2D eigenvalue weighted by Crippen LogP contribution is 2.18. The standard InChI is InChI=1S/C20H21N5O3/c21-16-13-17(18-7-4-12-28-18)22-25(20(16)27)14-19(26)24-10-8-23(9-11-24)15-5-2-1-3-6-15/h1-7,12-13H,8-11,14,21H2. The van der Waals surface area contributed by atoms with Gasteiger partial charge >= 0.3 is 0 Å². The van der Waals surface area contributed by atoms with Crippen molar-refractivity contribution in [3.63, 3.8) is 0 Å². The Morgan fingerprint density at radius 1 is 1.07 bits per heavy atom. The number of anilines is 2. The second-order valence-corrected chi connectivity index (χ2v) is 6.63. The molecule has 1 aromatic carbocycles. The van der Waals surface area contributed by atoms with Gasteiger partial charge in [0.05, 0.1) is 6.26 Å². The van der Waals surface area contributed by atoms with Crippen LogP contribution in [-0.4, -0.2) is 46.8 Å².